The predicted octanol–water partition coefficient (Wildman–Crippen LogP) is 4.74. The third-order valence-corrected chi connectivity index (χ3v) is 5.82. The molecule has 1 amide bonds. The first kappa shape index (κ1) is 22.8. The number of rotatable bonds is 8. The van der Waals surface area contributed by atoms with Crippen LogP contribution in [0.2, 0.25) is 5.02 Å². The lowest BCUT2D eigenvalue weighted by molar-refractivity contribution is -0.384. The number of hydrogen-bond acceptors (Lipinski definition) is 6. The summed E-state index contributed by atoms with van der Waals surface area (Å²) in [5, 5.41) is 14.5. The number of nitro benzene ring substituents is 1. The molecule has 3 aromatic rings. The van der Waals surface area contributed by atoms with E-state index in [0.29, 0.717) is 28.5 Å². The van der Waals surface area contributed by atoms with Gasteiger partial charge in [-0.1, -0.05) is 49.3 Å². The lowest BCUT2D eigenvalue weighted by atomic mass is 10.1. The van der Waals surface area contributed by atoms with Crippen LogP contribution in [-0.4, -0.2) is 26.1 Å². The first-order valence-corrected chi connectivity index (χ1v) is 11.0. The van der Waals surface area contributed by atoms with Crippen LogP contribution in [0.3, 0.4) is 0 Å². The lowest BCUT2D eigenvalue weighted by Crippen LogP contribution is -2.25. The van der Waals surface area contributed by atoms with Gasteiger partial charge in [-0.25, -0.2) is 4.98 Å². The van der Waals surface area contributed by atoms with Gasteiger partial charge in [-0.05, 0) is 30.5 Å². The zero-order valence-electron chi connectivity index (χ0n) is 17.0. The Hall–Kier alpha value is -2.91. The van der Waals surface area contributed by atoms with Crippen molar-refractivity contribution >= 4 is 51.5 Å². The Bertz CT molecular complexity index is 1200. The van der Waals surface area contributed by atoms with E-state index in [1.54, 1.807) is 22.8 Å². The van der Waals surface area contributed by atoms with Crippen LogP contribution < -0.4 is 10.9 Å². The molecular weight excluding hydrogens is 440 g/mol. The molecule has 0 saturated carbocycles. The second kappa shape index (κ2) is 9.93. The summed E-state index contributed by atoms with van der Waals surface area (Å²) < 4.78 is 1.61. The molecule has 0 aliphatic carbocycles. The summed E-state index contributed by atoms with van der Waals surface area (Å²) in [7, 11) is 0. The molecule has 3 rings (SSSR count). The highest BCUT2D eigenvalue weighted by atomic mass is 35.5. The number of nitrogens with zero attached hydrogens (tertiary/aromatic N) is 3. The maximum absolute atomic E-state index is 13.0. The van der Waals surface area contributed by atoms with Crippen LogP contribution in [0, 0.1) is 16.0 Å². The molecule has 0 unspecified atom stereocenters. The molecule has 2 aromatic carbocycles. The van der Waals surface area contributed by atoms with Crippen LogP contribution in [0.1, 0.15) is 20.3 Å². The number of fused-ring (bicyclic) bond motifs is 1. The molecule has 31 heavy (non-hydrogen) atoms. The van der Waals surface area contributed by atoms with Crippen LogP contribution in [0.15, 0.2) is 52.4 Å². The summed E-state index contributed by atoms with van der Waals surface area (Å²) in [6.45, 7) is 4.66. The van der Waals surface area contributed by atoms with Crippen molar-refractivity contribution in [1.82, 2.24) is 9.55 Å². The van der Waals surface area contributed by atoms with Crippen molar-refractivity contribution in [1.29, 1.82) is 0 Å². The molecule has 1 aromatic heterocycles. The number of hydrogen-bond donors (Lipinski definition) is 1. The van der Waals surface area contributed by atoms with Gasteiger partial charge in [0, 0.05) is 18.7 Å². The first-order chi connectivity index (χ1) is 14.8. The number of aromatic nitrogens is 2. The van der Waals surface area contributed by atoms with Gasteiger partial charge in [0.1, 0.15) is 0 Å². The highest BCUT2D eigenvalue weighted by Crippen LogP contribution is 2.27. The maximum Gasteiger partial charge on any atom is 0.271 e. The smallest absolute Gasteiger partial charge is 0.271 e. The number of non-ortho nitro benzene ring substituents is 1. The molecule has 0 aliphatic heterocycles. The number of carbonyl (C=O) groups excluding carboxylic acids is 1. The maximum atomic E-state index is 13.0. The third-order valence-electron chi connectivity index (χ3n) is 4.53. The minimum Gasteiger partial charge on any atom is -0.324 e. The number of halogens is 1. The standard InChI is InChI=1S/C21H21ClN4O4S/c1-13(2)9-10-25-20(28)15-5-3-4-6-17(15)24-21(25)31-12-19(27)23-18-8-7-14(26(29)30)11-16(18)22/h3-8,11,13H,9-10,12H2,1-2H3,(H,23,27). The van der Waals surface area contributed by atoms with Crippen LogP contribution >= 0.6 is 23.4 Å². The van der Waals surface area contributed by atoms with E-state index in [0.717, 1.165) is 18.2 Å². The minimum atomic E-state index is -0.560. The van der Waals surface area contributed by atoms with Gasteiger partial charge in [-0.15, -0.1) is 0 Å². The second-order valence-electron chi connectivity index (χ2n) is 7.31. The van der Waals surface area contributed by atoms with Crippen LogP contribution in [0.4, 0.5) is 11.4 Å². The molecule has 10 heteroatoms. The Balaban J connectivity index is 1.79. The number of para-hydroxylation sites is 1. The molecule has 0 fully saturated rings. The second-order valence-corrected chi connectivity index (χ2v) is 8.66. The third kappa shape index (κ3) is 5.62. The summed E-state index contributed by atoms with van der Waals surface area (Å²) in [6, 6.07) is 11.0. The molecule has 8 nitrogen and oxygen atoms in total. The van der Waals surface area contributed by atoms with Crippen molar-refractivity contribution in [2.75, 3.05) is 11.1 Å². The number of nitro groups is 1. The Morgan fingerprint density at radius 3 is 2.71 bits per heavy atom. The summed E-state index contributed by atoms with van der Waals surface area (Å²) >= 11 is 7.19. The van der Waals surface area contributed by atoms with E-state index in [2.05, 4.69) is 24.1 Å². The monoisotopic (exact) mass is 460 g/mol. The largest absolute Gasteiger partial charge is 0.324 e. The summed E-state index contributed by atoms with van der Waals surface area (Å²) in [5.74, 6) is 0.0436. The Morgan fingerprint density at radius 2 is 2.03 bits per heavy atom. The van der Waals surface area contributed by atoms with Crippen molar-refractivity contribution in [3.63, 3.8) is 0 Å². The van der Waals surface area contributed by atoms with Crippen LogP contribution in [-0.2, 0) is 11.3 Å². The van der Waals surface area contributed by atoms with Gasteiger partial charge in [-0.3, -0.25) is 24.3 Å². The summed E-state index contributed by atoms with van der Waals surface area (Å²) in [4.78, 5) is 40.3. The summed E-state index contributed by atoms with van der Waals surface area (Å²) in [6.07, 6.45) is 0.804. The van der Waals surface area contributed by atoms with E-state index >= 15 is 0 Å². The zero-order chi connectivity index (χ0) is 22.5. The molecular formula is C21H21ClN4O4S. The fourth-order valence-corrected chi connectivity index (χ4v) is 3.92. The predicted molar refractivity (Wildman–Crippen MR) is 123 cm³/mol. The van der Waals surface area contributed by atoms with Crippen molar-refractivity contribution in [3.05, 3.63) is 68.0 Å². The SMILES string of the molecule is CC(C)CCn1c(SCC(=O)Nc2ccc([N+](=O)[O-])cc2Cl)nc2ccccc2c1=O. The topological polar surface area (TPSA) is 107 Å². The Labute approximate surface area is 187 Å². The van der Waals surface area contributed by atoms with Crippen molar-refractivity contribution < 1.29 is 9.72 Å². The molecule has 0 saturated heterocycles. The zero-order valence-corrected chi connectivity index (χ0v) is 18.6. The number of carbonyl (C=O) groups is 1. The van der Waals surface area contributed by atoms with E-state index in [1.807, 2.05) is 6.07 Å². The number of amides is 1. The fraction of sp³-hybridized carbons (Fsp3) is 0.286. The van der Waals surface area contributed by atoms with E-state index in [-0.39, 0.29) is 33.6 Å². The molecule has 162 valence electrons. The Kier molecular flexibility index (Phi) is 7.29. The van der Waals surface area contributed by atoms with Gasteiger partial charge in [0.15, 0.2) is 5.16 Å². The van der Waals surface area contributed by atoms with Crippen LogP contribution in [0.5, 0.6) is 0 Å². The molecule has 0 aliphatic rings. The van der Waals surface area contributed by atoms with Gasteiger partial charge < -0.3 is 5.32 Å². The quantitative estimate of drug-likeness (QED) is 0.225. The molecule has 0 bridgehead atoms. The number of thioether (sulfide) groups is 1. The van der Waals surface area contributed by atoms with E-state index < -0.39 is 4.92 Å². The fourth-order valence-electron chi connectivity index (χ4n) is 2.88. The van der Waals surface area contributed by atoms with Gasteiger partial charge in [0.2, 0.25) is 5.91 Å². The molecule has 1 N–H and O–H groups in total. The van der Waals surface area contributed by atoms with E-state index in [9.17, 15) is 19.7 Å². The van der Waals surface area contributed by atoms with Gasteiger partial charge in [0.05, 0.1) is 32.3 Å². The molecule has 0 atom stereocenters. The molecule has 0 radical (unpaired) electrons. The van der Waals surface area contributed by atoms with Crippen molar-refractivity contribution in [3.8, 4) is 0 Å². The highest BCUT2D eigenvalue weighted by molar-refractivity contribution is 7.99. The average molecular weight is 461 g/mol. The van der Waals surface area contributed by atoms with Crippen LogP contribution in [0.25, 0.3) is 10.9 Å². The Morgan fingerprint density at radius 1 is 1.29 bits per heavy atom. The van der Waals surface area contributed by atoms with Gasteiger partial charge >= 0.3 is 0 Å². The highest BCUT2D eigenvalue weighted by Gasteiger charge is 2.15. The summed E-state index contributed by atoms with van der Waals surface area (Å²) in [5.41, 5.74) is 0.565. The number of anilines is 1. The minimum absolute atomic E-state index is 0.000223. The van der Waals surface area contributed by atoms with E-state index in [1.165, 1.54) is 18.2 Å². The van der Waals surface area contributed by atoms with Crippen molar-refractivity contribution in [2.24, 2.45) is 5.92 Å². The van der Waals surface area contributed by atoms with E-state index in [4.69, 9.17) is 11.6 Å². The lowest BCUT2D eigenvalue weighted by Gasteiger charge is -2.14. The molecule has 0 spiro atoms. The molecule has 1 heterocycles. The van der Waals surface area contributed by atoms with Crippen molar-refractivity contribution in [2.45, 2.75) is 32.0 Å². The van der Waals surface area contributed by atoms with Gasteiger partial charge in [-0.2, -0.15) is 0 Å². The average Bonchev–Trinajstić information content (AvgIpc) is 2.73. The normalized spacial score (nSPS) is 11.1. The number of benzene rings is 2. The number of nitrogens with one attached hydrogen (secondary N) is 1. The van der Waals surface area contributed by atoms with Gasteiger partial charge in [0.25, 0.3) is 11.2 Å². The first-order valence-electron chi connectivity index (χ1n) is 9.62.